The molecule has 0 aromatic heterocycles. The molecule has 9 rings (SSSR count). The van der Waals surface area contributed by atoms with Crippen LogP contribution >= 0.6 is 0 Å². The van der Waals surface area contributed by atoms with Gasteiger partial charge in [0, 0.05) is 52.4 Å². The number of benzene rings is 6. The van der Waals surface area contributed by atoms with E-state index in [0.29, 0.717) is 0 Å². The summed E-state index contributed by atoms with van der Waals surface area (Å²) in [6.45, 7) is 0. The fourth-order valence-electron chi connectivity index (χ4n) is 8.91. The summed E-state index contributed by atoms with van der Waals surface area (Å²) in [5.41, 5.74) is -0.999. The Balaban J connectivity index is 1.28. The molecule has 18 nitrogen and oxygen atoms in total. The molecule has 3 heterocycles. The van der Waals surface area contributed by atoms with Crippen LogP contribution in [0.15, 0.2) is 78.9 Å². The molecule has 0 saturated carbocycles. The van der Waals surface area contributed by atoms with Crippen molar-refractivity contribution in [3.8, 4) is 86.2 Å². The SMILES string of the molecule is Oc1cc(O)c2c(c1)OC(c1ccc(O)c(O)c1)C(O)C2c1c(O)cc2c(c1O)C(c1cc(O)c(O)c3c1OC(c1ccc(O)c(O)c1)C(O)C3)C(O)C(c1ccc(O)c(O)c1)O2. The lowest BCUT2D eigenvalue weighted by Crippen LogP contribution is -2.37. The van der Waals surface area contributed by atoms with Crippen molar-refractivity contribution < 1.29 is 90.8 Å². The summed E-state index contributed by atoms with van der Waals surface area (Å²) in [6, 6.07) is 14.8. The number of fused-ring (bicyclic) bond motifs is 3. The zero-order chi connectivity index (χ0) is 44.9. The van der Waals surface area contributed by atoms with Crippen molar-refractivity contribution in [3.63, 3.8) is 0 Å². The van der Waals surface area contributed by atoms with Gasteiger partial charge in [0.2, 0.25) is 0 Å². The summed E-state index contributed by atoms with van der Waals surface area (Å²) in [5, 5.41) is 166. The number of phenolic OH excluding ortho intramolecular Hbond substituents is 12. The van der Waals surface area contributed by atoms with Crippen LogP contribution < -0.4 is 14.2 Å². The predicted octanol–water partition coefficient (Wildman–Crippen LogP) is 4.44. The molecule has 3 aliphatic rings. The van der Waals surface area contributed by atoms with Gasteiger partial charge >= 0.3 is 0 Å². The van der Waals surface area contributed by atoms with E-state index in [9.17, 15) is 76.6 Å². The number of aliphatic hydroxyl groups excluding tert-OH is 3. The van der Waals surface area contributed by atoms with Crippen molar-refractivity contribution in [2.75, 3.05) is 0 Å². The van der Waals surface area contributed by atoms with Crippen LogP contribution in [0.25, 0.3) is 0 Å². The van der Waals surface area contributed by atoms with Crippen molar-refractivity contribution in [1.29, 1.82) is 0 Å². The number of aliphatic hydroxyl groups is 3. The Morgan fingerprint density at radius 1 is 0.397 bits per heavy atom. The second-order valence-electron chi connectivity index (χ2n) is 15.7. The molecule has 3 aliphatic heterocycles. The predicted molar refractivity (Wildman–Crippen MR) is 214 cm³/mol. The lowest BCUT2D eigenvalue weighted by molar-refractivity contribution is 0.000237. The molecule has 0 amide bonds. The van der Waals surface area contributed by atoms with Gasteiger partial charge in [0.25, 0.3) is 0 Å². The monoisotopic (exact) mass is 866 g/mol. The van der Waals surface area contributed by atoms with Crippen LogP contribution in [0.2, 0.25) is 0 Å². The third kappa shape index (κ3) is 6.46. The van der Waals surface area contributed by atoms with Gasteiger partial charge in [0.1, 0.15) is 58.6 Å². The van der Waals surface area contributed by atoms with Crippen LogP contribution in [0.5, 0.6) is 86.2 Å². The molecule has 8 atom stereocenters. The maximum absolute atomic E-state index is 12.6. The molecule has 8 unspecified atom stereocenters. The molecule has 15 N–H and O–H groups in total. The van der Waals surface area contributed by atoms with Crippen molar-refractivity contribution in [1.82, 2.24) is 0 Å². The summed E-state index contributed by atoms with van der Waals surface area (Å²) >= 11 is 0. The lowest BCUT2D eigenvalue weighted by Gasteiger charge is -2.42. The maximum Gasteiger partial charge on any atom is 0.164 e. The fourth-order valence-corrected chi connectivity index (χ4v) is 8.91. The van der Waals surface area contributed by atoms with E-state index in [4.69, 9.17) is 14.2 Å². The zero-order valence-electron chi connectivity index (χ0n) is 32.3. The quantitative estimate of drug-likeness (QED) is 0.106. The second-order valence-corrected chi connectivity index (χ2v) is 15.7. The van der Waals surface area contributed by atoms with Crippen LogP contribution in [0.4, 0.5) is 0 Å². The summed E-state index contributed by atoms with van der Waals surface area (Å²) < 4.78 is 18.6. The van der Waals surface area contributed by atoms with Crippen LogP contribution in [0.3, 0.4) is 0 Å². The number of hydrogen-bond acceptors (Lipinski definition) is 18. The molecule has 0 spiro atoms. The van der Waals surface area contributed by atoms with E-state index in [1.54, 1.807) is 0 Å². The van der Waals surface area contributed by atoms with Crippen LogP contribution in [-0.4, -0.2) is 94.9 Å². The first-order chi connectivity index (χ1) is 29.9. The van der Waals surface area contributed by atoms with E-state index in [0.717, 1.165) is 60.7 Å². The minimum atomic E-state index is -1.85. The third-order valence-electron chi connectivity index (χ3n) is 11.9. The Labute approximate surface area is 354 Å². The van der Waals surface area contributed by atoms with Crippen LogP contribution in [0, 0.1) is 0 Å². The third-order valence-corrected chi connectivity index (χ3v) is 11.9. The van der Waals surface area contributed by atoms with Gasteiger partial charge in [-0.3, -0.25) is 0 Å². The average molecular weight is 867 g/mol. The number of hydrogen-bond donors (Lipinski definition) is 15. The molecule has 326 valence electrons. The van der Waals surface area contributed by atoms with Crippen molar-refractivity contribution in [3.05, 3.63) is 123 Å². The first-order valence-electron chi connectivity index (χ1n) is 19.3. The molecule has 6 aromatic rings. The summed E-state index contributed by atoms with van der Waals surface area (Å²) in [5.74, 6) is -11.4. The van der Waals surface area contributed by atoms with Gasteiger partial charge in [0.15, 0.2) is 58.2 Å². The van der Waals surface area contributed by atoms with E-state index >= 15 is 0 Å². The fraction of sp³-hybridized carbons (Fsp3) is 0.200. The first-order valence-corrected chi connectivity index (χ1v) is 19.3. The Morgan fingerprint density at radius 3 is 1.43 bits per heavy atom. The molecule has 0 aliphatic carbocycles. The molecule has 6 aromatic carbocycles. The lowest BCUT2D eigenvalue weighted by atomic mass is 9.74. The van der Waals surface area contributed by atoms with Crippen molar-refractivity contribution in [2.24, 2.45) is 0 Å². The Morgan fingerprint density at radius 2 is 0.889 bits per heavy atom. The summed E-state index contributed by atoms with van der Waals surface area (Å²) in [7, 11) is 0. The normalized spacial score (nSPS) is 23.6. The summed E-state index contributed by atoms with van der Waals surface area (Å²) in [6.07, 6.45) is -9.76. The highest BCUT2D eigenvalue weighted by molar-refractivity contribution is 5.70. The van der Waals surface area contributed by atoms with Gasteiger partial charge in [-0.2, -0.15) is 0 Å². The van der Waals surface area contributed by atoms with Gasteiger partial charge in [0.05, 0.1) is 17.9 Å². The molecule has 0 fully saturated rings. The standard InChI is InChI=1S/C45H38O18/c46-18-10-27(53)34-31(11-18)61-44(17-3-6-23(49)26(52)9-17)41(60)37(34)35-28(54)14-32-36(39(35)58)33(40(59)43(62-32)16-2-5-22(48)25(51)8-16)19-12-29(55)38(57)20-13-30(56)42(63-45(19)20)15-1-4-21(47)24(50)7-15/h1-12,14,30,33,37,40-44,46-60H,13H2. The van der Waals surface area contributed by atoms with E-state index in [1.165, 1.54) is 18.2 Å². The highest BCUT2D eigenvalue weighted by Crippen LogP contribution is 2.61. The first kappa shape index (κ1) is 40.6. The van der Waals surface area contributed by atoms with Crippen molar-refractivity contribution >= 4 is 0 Å². The van der Waals surface area contributed by atoms with Gasteiger partial charge in [-0.05, 0) is 59.2 Å². The molecular formula is C45H38O18. The highest BCUT2D eigenvalue weighted by Gasteiger charge is 2.49. The molecule has 0 bridgehead atoms. The zero-order valence-corrected chi connectivity index (χ0v) is 32.3. The van der Waals surface area contributed by atoms with Gasteiger partial charge in [-0.15, -0.1) is 0 Å². The van der Waals surface area contributed by atoms with E-state index in [1.807, 2.05) is 0 Å². The number of rotatable bonds is 5. The topological polar surface area (TPSA) is 331 Å². The van der Waals surface area contributed by atoms with E-state index < -0.39 is 123 Å². The highest BCUT2D eigenvalue weighted by atomic mass is 16.5. The Bertz CT molecular complexity index is 2840. The molecule has 18 heteroatoms. The van der Waals surface area contributed by atoms with Crippen LogP contribution in [0.1, 0.15) is 74.7 Å². The Kier molecular flexibility index (Phi) is 9.46. The minimum absolute atomic E-state index is 0.0701. The Hall–Kier alpha value is -7.80. The van der Waals surface area contributed by atoms with E-state index in [-0.39, 0.29) is 62.6 Å². The molecule has 0 saturated heterocycles. The smallest absolute Gasteiger partial charge is 0.164 e. The van der Waals surface area contributed by atoms with Gasteiger partial charge in [-0.1, -0.05) is 18.2 Å². The van der Waals surface area contributed by atoms with Gasteiger partial charge < -0.3 is 90.8 Å². The number of ether oxygens (including phenoxy) is 3. The molecular weight excluding hydrogens is 828 g/mol. The summed E-state index contributed by atoms with van der Waals surface area (Å²) in [4.78, 5) is 0. The number of aromatic hydroxyl groups is 12. The molecule has 0 radical (unpaired) electrons. The second kappa shape index (κ2) is 14.7. The van der Waals surface area contributed by atoms with Crippen molar-refractivity contribution in [2.45, 2.75) is 54.9 Å². The van der Waals surface area contributed by atoms with Gasteiger partial charge in [-0.25, -0.2) is 0 Å². The average Bonchev–Trinajstić information content (AvgIpc) is 3.23. The largest absolute Gasteiger partial charge is 0.508 e. The maximum atomic E-state index is 12.6. The van der Waals surface area contributed by atoms with Crippen LogP contribution in [-0.2, 0) is 6.42 Å². The van der Waals surface area contributed by atoms with E-state index in [2.05, 4.69) is 0 Å². The molecule has 63 heavy (non-hydrogen) atoms. The minimum Gasteiger partial charge on any atom is -0.508 e. The number of phenols is 12.